The van der Waals surface area contributed by atoms with E-state index in [0.717, 1.165) is 35.3 Å². The Kier molecular flexibility index (Phi) is 4.55. The number of amides is 1. The normalized spacial score (nSPS) is 18.6. The van der Waals surface area contributed by atoms with Gasteiger partial charge >= 0.3 is 0 Å². The minimum Gasteiger partial charge on any atom is -0.337 e. The molecular formula is C17H20N2O2S. The van der Waals surface area contributed by atoms with Crippen LogP contribution in [0.2, 0.25) is 0 Å². The molecule has 0 spiro atoms. The second-order valence-electron chi connectivity index (χ2n) is 5.71. The Labute approximate surface area is 134 Å². The first kappa shape index (κ1) is 15.2. The molecule has 2 aromatic rings. The fourth-order valence-electron chi connectivity index (χ4n) is 2.90. The lowest BCUT2D eigenvalue weighted by Crippen LogP contribution is -2.52. The van der Waals surface area contributed by atoms with Gasteiger partial charge < -0.3 is 10.2 Å². The van der Waals surface area contributed by atoms with Crippen LogP contribution in [-0.2, 0) is 4.79 Å². The first-order valence-electron chi connectivity index (χ1n) is 7.66. The Bertz CT molecular complexity index is 695. The molecule has 1 aromatic heterocycles. The van der Waals surface area contributed by atoms with Crippen LogP contribution in [0.15, 0.2) is 29.6 Å². The molecule has 4 nitrogen and oxygen atoms in total. The highest BCUT2D eigenvalue weighted by Crippen LogP contribution is 2.27. The summed E-state index contributed by atoms with van der Waals surface area (Å²) in [6, 6.07) is 8.11. The van der Waals surface area contributed by atoms with Gasteiger partial charge in [0.2, 0.25) is 5.91 Å². The van der Waals surface area contributed by atoms with Gasteiger partial charge in [-0.15, -0.1) is 11.3 Å². The average molecular weight is 316 g/mol. The SMILES string of the molecule is C[C@@H]1CNCCN1C(=O)CCC(=O)c1csc2ccccc12. The first-order valence-corrected chi connectivity index (χ1v) is 8.54. The summed E-state index contributed by atoms with van der Waals surface area (Å²) < 4.78 is 1.12. The lowest BCUT2D eigenvalue weighted by atomic mass is 10.0. The van der Waals surface area contributed by atoms with Gasteiger partial charge in [-0.05, 0) is 13.0 Å². The van der Waals surface area contributed by atoms with Crippen LogP contribution in [0, 0.1) is 0 Å². The third kappa shape index (κ3) is 3.05. The zero-order valence-electron chi connectivity index (χ0n) is 12.7. The van der Waals surface area contributed by atoms with E-state index < -0.39 is 0 Å². The van der Waals surface area contributed by atoms with Gasteiger partial charge in [-0.25, -0.2) is 0 Å². The molecule has 0 unspecified atom stereocenters. The molecule has 1 aliphatic rings. The minimum absolute atomic E-state index is 0.0635. The molecule has 1 N–H and O–H groups in total. The number of nitrogens with one attached hydrogen (secondary N) is 1. The summed E-state index contributed by atoms with van der Waals surface area (Å²) >= 11 is 1.58. The van der Waals surface area contributed by atoms with Crippen molar-refractivity contribution in [2.45, 2.75) is 25.8 Å². The summed E-state index contributed by atoms with van der Waals surface area (Å²) in [6.07, 6.45) is 0.587. The number of hydrogen-bond acceptors (Lipinski definition) is 4. The number of carbonyl (C=O) groups is 2. The van der Waals surface area contributed by atoms with Crippen LogP contribution in [0.4, 0.5) is 0 Å². The largest absolute Gasteiger partial charge is 0.337 e. The van der Waals surface area contributed by atoms with Crippen molar-refractivity contribution in [1.29, 1.82) is 0 Å². The molecule has 0 saturated carbocycles. The van der Waals surface area contributed by atoms with Crippen LogP contribution >= 0.6 is 11.3 Å². The van der Waals surface area contributed by atoms with Gasteiger partial charge in [-0.3, -0.25) is 9.59 Å². The number of ketones is 1. The number of benzene rings is 1. The number of hydrogen-bond donors (Lipinski definition) is 1. The average Bonchev–Trinajstić information content (AvgIpc) is 2.97. The molecule has 0 bridgehead atoms. The van der Waals surface area contributed by atoms with E-state index in [4.69, 9.17) is 0 Å². The maximum absolute atomic E-state index is 12.4. The molecular weight excluding hydrogens is 296 g/mol. The van der Waals surface area contributed by atoms with E-state index in [1.54, 1.807) is 11.3 Å². The summed E-state index contributed by atoms with van der Waals surface area (Å²) in [5.41, 5.74) is 0.752. The molecule has 22 heavy (non-hydrogen) atoms. The van der Waals surface area contributed by atoms with Crippen molar-refractivity contribution in [3.05, 3.63) is 35.2 Å². The van der Waals surface area contributed by atoms with E-state index in [9.17, 15) is 9.59 Å². The lowest BCUT2D eigenvalue weighted by Gasteiger charge is -2.34. The Balaban J connectivity index is 1.63. The summed E-state index contributed by atoms with van der Waals surface area (Å²) in [4.78, 5) is 26.6. The van der Waals surface area contributed by atoms with Crippen LogP contribution in [0.3, 0.4) is 0 Å². The Hall–Kier alpha value is -1.72. The number of Topliss-reactive ketones (excluding diaryl/α,β-unsaturated/α-hetero) is 1. The number of piperazine rings is 1. The van der Waals surface area contributed by atoms with Crippen LogP contribution in [0.5, 0.6) is 0 Å². The van der Waals surface area contributed by atoms with Crippen molar-refractivity contribution in [2.75, 3.05) is 19.6 Å². The van der Waals surface area contributed by atoms with Gasteiger partial charge in [-0.1, -0.05) is 18.2 Å². The van der Waals surface area contributed by atoms with E-state index in [1.165, 1.54) is 0 Å². The topological polar surface area (TPSA) is 49.4 Å². The van der Waals surface area contributed by atoms with Crippen LogP contribution in [0.1, 0.15) is 30.1 Å². The maximum atomic E-state index is 12.4. The zero-order chi connectivity index (χ0) is 15.5. The lowest BCUT2D eigenvalue weighted by molar-refractivity contribution is -0.133. The van der Waals surface area contributed by atoms with E-state index in [1.807, 2.05) is 41.5 Å². The van der Waals surface area contributed by atoms with Gasteiger partial charge in [0, 0.05) is 59.5 Å². The summed E-state index contributed by atoms with van der Waals surface area (Å²) in [7, 11) is 0. The van der Waals surface area contributed by atoms with Crippen molar-refractivity contribution in [3.8, 4) is 0 Å². The molecule has 1 aliphatic heterocycles. The highest BCUT2D eigenvalue weighted by Gasteiger charge is 2.23. The second kappa shape index (κ2) is 6.58. The maximum Gasteiger partial charge on any atom is 0.223 e. The fraction of sp³-hybridized carbons (Fsp3) is 0.412. The third-order valence-electron chi connectivity index (χ3n) is 4.17. The number of carbonyl (C=O) groups excluding carboxylic acids is 2. The molecule has 0 aliphatic carbocycles. The van der Waals surface area contributed by atoms with Crippen molar-refractivity contribution < 1.29 is 9.59 Å². The van der Waals surface area contributed by atoms with E-state index in [2.05, 4.69) is 5.32 Å². The third-order valence-corrected chi connectivity index (χ3v) is 5.13. The standard InChI is InChI=1S/C17H20N2O2S/c1-12-10-18-8-9-19(12)17(21)7-6-15(20)14-11-22-16-5-3-2-4-13(14)16/h2-5,11-12,18H,6-10H2,1H3/t12-/m1/s1. The quantitative estimate of drug-likeness (QED) is 0.882. The highest BCUT2D eigenvalue weighted by molar-refractivity contribution is 7.17. The highest BCUT2D eigenvalue weighted by atomic mass is 32.1. The van der Waals surface area contributed by atoms with Gasteiger partial charge in [0.15, 0.2) is 5.78 Å². The van der Waals surface area contributed by atoms with Gasteiger partial charge in [-0.2, -0.15) is 0 Å². The smallest absolute Gasteiger partial charge is 0.223 e. The zero-order valence-corrected chi connectivity index (χ0v) is 13.5. The minimum atomic E-state index is 0.0635. The molecule has 1 amide bonds. The molecule has 3 rings (SSSR count). The Morgan fingerprint density at radius 1 is 1.32 bits per heavy atom. The van der Waals surface area contributed by atoms with E-state index >= 15 is 0 Å². The van der Waals surface area contributed by atoms with Crippen molar-refractivity contribution in [1.82, 2.24) is 10.2 Å². The molecule has 116 valence electrons. The molecule has 1 saturated heterocycles. The van der Waals surface area contributed by atoms with Crippen LogP contribution < -0.4 is 5.32 Å². The summed E-state index contributed by atoms with van der Waals surface area (Å²) in [6.45, 7) is 4.43. The van der Waals surface area contributed by atoms with Crippen molar-refractivity contribution >= 4 is 33.1 Å². The van der Waals surface area contributed by atoms with E-state index in [0.29, 0.717) is 6.42 Å². The fourth-order valence-corrected chi connectivity index (χ4v) is 3.87. The van der Waals surface area contributed by atoms with Crippen molar-refractivity contribution in [3.63, 3.8) is 0 Å². The molecule has 1 fully saturated rings. The molecule has 0 radical (unpaired) electrons. The summed E-state index contributed by atoms with van der Waals surface area (Å²) in [5, 5.41) is 6.18. The molecule has 2 heterocycles. The van der Waals surface area contributed by atoms with Gasteiger partial charge in [0.05, 0.1) is 0 Å². The predicted molar refractivity (Wildman–Crippen MR) is 89.4 cm³/mol. The monoisotopic (exact) mass is 316 g/mol. The molecule has 1 atom stereocenters. The number of thiophene rings is 1. The van der Waals surface area contributed by atoms with Crippen molar-refractivity contribution in [2.24, 2.45) is 0 Å². The first-order chi connectivity index (χ1) is 10.7. The Morgan fingerprint density at radius 3 is 2.95 bits per heavy atom. The number of fused-ring (bicyclic) bond motifs is 1. The second-order valence-corrected chi connectivity index (χ2v) is 6.62. The Morgan fingerprint density at radius 2 is 2.14 bits per heavy atom. The van der Waals surface area contributed by atoms with E-state index in [-0.39, 0.29) is 24.2 Å². The van der Waals surface area contributed by atoms with Crippen LogP contribution in [0.25, 0.3) is 10.1 Å². The number of rotatable bonds is 4. The molecule has 5 heteroatoms. The summed E-state index contributed by atoms with van der Waals surface area (Å²) in [5.74, 6) is 0.149. The van der Waals surface area contributed by atoms with Crippen LogP contribution in [-0.4, -0.2) is 42.3 Å². The van der Waals surface area contributed by atoms with Gasteiger partial charge in [0.25, 0.3) is 0 Å². The van der Waals surface area contributed by atoms with Gasteiger partial charge in [0.1, 0.15) is 0 Å². The predicted octanol–water partition coefficient (Wildman–Crippen LogP) is 2.68. The molecule has 1 aromatic carbocycles. The number of nitrogens with zero attached hydrogens (tertiary/aromatic N) is 1.